The molecule has 1 aromatic carbocycles. The lowest BCUT2D eigenvalue weighted by Crippen LogP contribution is -2.06. The van der Waals surface area contributed by atoms with Crippen LogP contribution in [0.25, 0.3) is 0 Å². The van der Waals surface area contributed by atoms with Crippen LogP contribution in [-0.2, 0) is 4.74 Å². The number of methoxy groups -OCH3 is 1. The maximum absolute atomic E-state index is 11.3. The van der Waals surface area contributed by atoms with Gasteiger partial charge in [0, 0.05) is 11.0 Å². The molecule has 0 fully saturated rings. The van der Waals surface area contributed by atoms with E-state index in [0.29, 0.717) is 0 Å². The van der Waals surface area contributed by atoms with Gasteiger partial charge in [-0.2, -0.15) is 5.26 Å². The molecule has 82 valence electrons. The van der Waals surface area contributed by atoms with Crippen LogP contribution in [0.15, 0.2) is 17.0 Å². The fraction of sp³-hybridized carbons (Fsp3) is 0.111. The van der Waals surface area contributed by atoms with Crippen molar-refractivity contribution in [1.29, 1.82) is 5.26 Å². The number of ether oxygens (including phenoxy) is 1. The molecule has 0 aromatic heterocycles. The molecule has 0 amide bonds. The maximum atomic E-state index is 11.3. The van der Waals surface area contributed by atoms with Crippen LogP contribution in [0.1, 0.15) is 15.9 Å². The smallest absolute Gasteiger partial charge is 0.339 e. The van der Waals surface area contributed by atoms with Crippen molar-refractivity contribution in [3.63, 3.8) is 0 Å². The molecular weight excluding hydrogens is 232 g/mol. The lowest BCUT2D eigenvalue weighted by molar-refractivity contribution is -0.385. The number of thiol groups is 1. The van der Waals surface area contributed by atoms with Crippen molar-refractivity contribution < 1.29 is 14.5 Å². The minimum Gasteiger partial charge on any atom is -0.465 e. The first-order valence-electron chi connectivity index (χ1n) is 4.01. The molecule has 0 aliphatic carbocycles. The summed E-state index contributed by atoms with van der Waals surface area (Å²) < 4.78 is 4.42. The van der Waals surface area contributed by atoms with Gasteiger partial charge in [0.25, 0.3) is 5.69 Å². The van der Waals surface area contributed by atoms with Gasteiger partial charge >= 0.3 is 5.97 Å². The molecule has 0 atom stereocenters. The summed E-state index contributed by atoms with van der Waals surface area (Å²) in [6, 6.07) is 3.97. The van der Waals surface area contributed by atoms with E-state index in [1.54, 1.807) is 6.07 Å². The zero-order chi connectivity index (χ0) is 12.3. The quantitative estimate of drug-likeness (QED) is 0.365. The number of esters is 1. The Hall–Kier alpha value is -2.07. The molecule has 0 N–H and O–H groups in total. The van der Waals surface area contributed by atoms with Crippen LogP contribution in [0.5, 0.6) is 0 Å². The molecule has 0 saturated heterocycles. The lowest BCUT2D eigenvalue weighted by atomic mass is 10.1. The number of nitrogens with zero attached hydrogens (tertiary/aromatic N) is 2. The first kappa shape index (κ1) is 12.0. The average molecular weight is 238 g/mol. The molecule has 0 heterocycles. The number of hydrogen-bond donors (Lipinski definition) is 1. The van der Waals surface area contributed by atoms with E-state index < -0.39 is 16.6 Å². The van der Waals surface area contributed by atoms with Crippen LogP contribution in [0.4, 0.5) is 5.69 Å². The van der Waals surface area contributed by atoms with Gasteiger partial charge in [0.05, 0.1) is 17.6 Å². The first-order valence-corrected chi connectivity index (χ1v) is 4.45. The maximum Gasteiger partial charge on any atom is 0.339 e. The zero-order valence-electron chi connectivity index (χ0n) is 8.13. The van der Waals surface area contributed by atoms with Crippen LogP contribution >= 0.6 is 12.6 Å². The van der Waals surface area contributed by atoms with E-state index >= 15 is 0 Å². The molecule has 6 nitrogen and oxygen atoms in total. The van der Waals surface area contributed by atoms with Gasteiger partial charge in [-0.05, 0) is 6.07 Å². The molecule has 1 rings (SSSR count). The van der Waals surface area contributed by atoms with E-state index in [-0.39, 0.29) is 16.0 Å². The van der Waals surface area contributed by atoms with Crippen molar-refractivity contribution in [2.24, 2.45) is 0 Å². The van der Waals surface area contributed by atoms with E-state index in [4.69, 9.17) is 5.26 Å². The Bertz CT molecular complexity index is 507. The summed E-state index contributed by atoms with van der Waals surface area (Å²) in [7, 11) is 1.13. The number of benzene rings is 1. The van der Waals surface area contributed by atoms with Gasteiger partial charge in [-0.1, -0.05) is 0 Å². The Labute approximate surface area is 96.0 Å². The molecule has 0 unspecified atom stereocenters. The third-order valence-corrected chi connectivity index (χ3v) is 2.07. The van der Waals surface area contributed by atoms with Crippen LogP contribution < -0.4 is 0 Å². The van der Waals surface area contributed by atoms with Crippen LogP contribution in [0.2, 0.25) is 0 Å². The predicted molar refractivity (Wildman–Crippen MR) is 56.4 cm³/mol. The fourth-order valence-electron chi connectivity index (χ4n) is 1.14. The highest BCUT2D eigenvalue weighted by Crippen LogP contribution is 2.26. The van der Waals surface area contributed by atoms with E-state index in [2.05, 4.69) is 17.4 Å². The summed E-state index contributed by atoms with van der Waals surface area (Å²) in [6.45, 7) is 0. The normalized spacial score (nSPS) is 9.31. The number of carbonyl (C=O) groups is 1. The SMILES string of the molecule is COC(=O)c1cc(S)cc([N+](=O)[O-])c1C#N. The summed E-state index contributed by atoms with van der Waals surface area (Å²) in [5.74, 6) is -0.810. The molecule has 7 heteroatoms. The highest BCUT2D eigenvalue weighted by atomic mass is 32.1. The summed E-state index contributed by atoms with van der Waals surface area (Å²) in [5, 5.41) is 19.5. The van der Waals surface area contributed by atoms with Gasteiger partial charge in [-0.3, -0.25) is 10.1 Å². The van der Waals surface area contributed by atoms with Crippen LogP contribution in [-0.4, -0.2) is 18.0 Å². The number of nitro benzene ring substituents is 1. The molecule has 0 bridgehead atoms. The van der Waals surface area contributed by atoms with E-state index in [0.717, 1.165) is 13.2 Å². The molecule has 0 aliphatic rings. The lowest BCUT2D eigenvalue weighted by Gasteiger charge is -2.03. The summed E-state index contributed by atoms with van der Waals surface area (Å²) in [4.78, 5) is 21.4. The molecule has 16 heavy (non-hydrogen) atoms. The fourth-order valence-corrected chi connectivity index (χ4v) is 1.40. The minimum absolute atomic E-state index is 0.163. The molecule has 0 saturated carbocycles. The Balaban J connectivity index is 3.56. The monoisotopic (exact) mass is 238 g/mol. The summed E-state index contributed by atoms with van der Waals surface area (Å²) >= 11 is 3.92. The third kappa shape index (κ3) is 2.12. The summed E-state index contributed by atoms with van der Waals surface area (Å²) in [5.41, 5.74) is -0.950. The largest absolute Gasteiger partial charge is 0.465 e. The predicted octanol–water partition coefficient (Wildman–Crippen LogP) is 1.54. The number of hydrogen-bond acceptors (Lipinski definition) is 6. The highest BCUT2D eigenvalue weighted by Gasteiger charge is 2.23. The Morgan fingerprint density at radius 2 is 2.25 bits per heavy atom. The van der Waals surface area contributed by atoms with Crippen LogP contribution in [0, 0.1) is 21.4 Å². The van der Waals surface area contributed by atoms with Crippen molar-refractivity contribution in [3.8, 4) is 6.07 Å². The van der Waals surface area contributed by atoms with Gasteiger partial charge in [0.2, 0.25) is 0 Å². The minimum atomic E-state index is -0.810. The molecule has 0 radical (unpaired) electrons. The van der Waals surface area contributed by atoms with Crippen molar-refractivity contribution in [2.75, 3.05) is 7.11 Å². The van der Waals surface area contributed by atoms with E-state index in [1.807, 2.05) is 0 Å². The molecule has 0 spiro atoms. The molecular formula is C9H6N2O4S. The highest BCUT2D eigenvalue weighted by molar-refractivity contribution is 7.80. The van der Waals surface area contributed by atoms with Crippen LogP contribution in [0.3, 0.4) is 0 Å². The van der Waals surface area contributed by atoms with E-state index in [9.17, 15) is 14.9 Å². The zero-order valence-corrected chi connectivity index (χ0v) is 9.02. The standard InChI is InChI=1S/C9H6N2O4S/c1-15-9(12)6-2-5(16)3-8(11(13)14)7(6)4-10/h2-3,16H,1H3. The number of carbonyl (C=O) groups excluding carboxylic acids is 1. The second kappa shape index (κ2) is 4.63. The van der Waals surface area contributed by atoms with Gasteiger partial charge < -0.3 is 4.74 Å². The third-order valence-electron chi connectivity index (χ3n) is 1.82. The number of nitriles is 1. The van der Waals surface area contributed by atoms with E-state index in [1.165, 1.54) is 6.07 Å². The summed E-state index contributed by atoms with van der Waals surface area (Å²) in [6.07, 6.45) is 0. The van der Waals surface area contributed by atoms with Crippen molar-refractivity contribution in [1.82, 2.24) is 0 Å². The molecule has 1 aromatic rings. The van der Waals surface area contributed by atoms with Crippen molar-refractivity contribution >= 4 is 24.3 Å². The van der Waals surface area contributed by atoms with Gasteiger partial charge in [0.1, 0.15) is 11.6 Å². The van der Waals surface area contributed by atoms with Crippen molar-refractivity contribution in [3.05, 3.63) is 33.4 Å². The number of nitro groups is 1. The second-order valence-electron chi connectivity index (χ2n) is 2.75. The first-order chi connectivity index (χ1) is 7.51. The van der Waals surface area contributed by atoms with Crippen molar-refractivity contribution in [2.45, 2.75) is 4.90 Å². The topological polar surface area (TPSA) is 93.2 Å². The van der Waals surface area contributed by atoms with Gasteiger partial charge in [-0.25, -0.2) is 4.79 Å². The Kier molecular flexibility index (Phi) is 3.48. The number of rotatable bonds is 2. The van der Waals surface area contributed by atoms with Gasteiger partial charge in [0.15, 0.2) is 0 Å². The Morgan fingerprint density at radius 3 is 2.69 bits per heavy atom. The second-order valence-corrected chi connectivity index (χ2v) is 3.26. The molecule has 0 aliphatic heterocycles. The Morgan fingerprint density at radius 1 is 1.62 bits per heavy atom. The van der Waals surface area contributed by atoms with Gasteiger partial charge in [-0.15, -0.1) is 12.6 Å². The average Bonchev–Trinajstić information content (AvgIpc) is 2.26.